The molecule has 0 radical (unpaired) electrons. The third kappa shape index (κ3) is 4.52. The van der Waals surface area contributed by atoms with Crippen LogP contribution < -0.4 is 10.2 Å². The van der Waals surface area contributed by atoms with Crippen molar-refractivity contribution in [3.63, 3.8) is 0 Å². The Balaban J connectivity index is 2.13. The zero-order valence-electron chi connectivity index (χ0n) is 13.4. The van der Waals surface area contributed by atoms with E-state index < -0.39 is 0 Å². The summed E-state index contributed by atoms with van der Waals surface area (Å²) in [6, 6.07) is 13.8. The third-order valence-corrected chi connectivity index (χ3v) is 4.11. The molecule has 0 saturated carbocycles. The van der Waals surface area contributed by atoms with E-state index in [-0.39, 0.29) is 24.1 Å². The average Bonchev–Trinajstić information content (AvgIpc) is 2.54. The lowest BCUT2D eigenvalue weighted by Gasteiger charge is -2.21. The Morgan fingerprint density at radius 3 is 2.17 bits per heavy atom. The molecule has 0 spiro atoms. The summed E-state index contributed by atoms with van der Waals surface area (Å²) in [5.74, 6) is -0.622. The first-order valence-corrected chi connectivity index (χ1v) is 8.11. The molecule has 0 aliphatic rings. The van der Waals surface area contributed by atoms with Gasteiger partial charge in [0.15, 0.2) is 5.78 Å². The summed E-state index contributed by atoms with van der Waals surface area (Å²) in [6.07, 6.45) is 0. The number of nitrogens with zero attached hydrogens (tertiary/aromatic N) is 1. The first-order valence-electron chi connectivity index (χ1n) is 7.32. The summed E-state index contributed by atoms with van der Waals surface area (Å²) in [6.45, 7) is 2.75. The van der Waals surface area contributed by atoms with Crippen LogP contribution in [0.2, 0.25) is 0 Å². The van der Waals surface area contributed by atoms with Gasteiger partial charge in [-0.3, -0.25) is 14.4 Å². The largest absolute Gasteiger partial charge is 0.324 e. The number of hydrogen-bond donors (Lipinski definition) is 1. The van der Waals surface area contributed by atoms with Gasteiger partial charge in [-0.2, -0.15) is 0 Å². The maximum Gasteiger partial charge on any atom is 0.244 e. The molecule has 6 heteroatoms. The van der Waals surface area contributed by atoms with Crippen molar-refractivity contribution in [3.05, 3.63) is 58.6 Å². The fourth-order valence-corrected chi connectivity index (χ4v) is 2.54. The van der Waals surface area contributed by atoms with Gasteiger partial charge in [-0.25, -0.2) is 0 Å². The second kappa shape index (κ2) is 7.88. The Kier molecular flexibility index (Phi) is 5.87. The Bertz CT molecular complexity index is 772. The van der Waals surface area contributed by atoms with Gasteiger partial charge >= 0.3 is 0 Å². The van der Waals surface area contributed by atoms with E-state index in [9.17, 15) is 14.4 Å². The molecule has 24 heavy (non-hydrogen) atoms. The standard InChI is InChI=1S/C18H17BrN2O3/c1-12(22)14-7-9-15(10-8-14)21(13(2)23)11-18(24)20-17-6-4-3-5-16(17)19/h3-10H,11H2,1-2H3,(H,20,24). The van der Waals surface area contributed by atoms with E-state index in [1.807, 2.05) is 18.2 Å². The lowest BCUT2D eigenvalue weighted by atomic mass is 10.1. The minimum Gasteiger partial charge on any atom is -0.324 e. The highest BCUT2D eigenvalue weighted by Crippen LogP contribution is 2.21. The molecule has 0 aliphatic carbocycles. The molecule has 0 heterocycles. The number of carbonyl (C=O) groups excluding carboxylic acids is 3. The molecule has 2 rings (SSSR count). The minimum absolute atomic E-state index is 0.0532. The van der Waals surface area contributed by atoms with Crippen molar-refractivity contribution in [1.29, 1.82) is 0 Å². The van der Waals surface area contributed by atoms with E-state index in [0.29, 0.717) is 16.9 Å². The average molecular weight is 389 g/mol. The normalized spacial score (nSPS) is 10.1. The second-order valence-corrected chi connectivity index (χ2v) is 6.09. The number of hydrogen-bond acceptors (Lipinski definition) is 3. The number of carbonyl (C=O) groups is 3. The van der Waals surface area contributed by atoms with E-state index in [1.54, 1.807) is 30.3 Å². The van der Waals surface area contributed by atoms with E-state index in [4.69, 9.17) is 0 Å². The van der Waals surface area contributed by atoms with Crippen molar-refractivity contribution < 1.29 is 14.4 Å². The molecule has 0 atom stereocenters. The minimum atomic E-state index is -0.312. The van der Waals surface area contributed by atoms with Crippen molar-refractivity contribution in [2.75, 3.05) is 16.8 Å². The number of Topliss-reactive ketones (excluding diaryl/α,β-unsaturated/α-hetero) is 1. The summed E-state index contributed by atoms with van der Waals surface area (Å²) < 4.78 is 0.763. The van der Waals surface area contributed by atoms with Crippen LogP contribution in [0, 0.1) is 0 Å². The number of para-hydroxylation sites is 1. The monoisotopic (exact) mass is 388 g/mol. The maximum atomic E-state index is 12.2. The van der Waals surface area contributed by atoms with E-state index in [1.165, 1.54) is 18.7 Å². The topological polar surface area (TPSA) is 66.5 Å². The van der Waals surface area contributed by atoms with Crippen LogP contribution in [0.25, 0.3) is 0 Å². The highest BCUT2D eigenvalue weighted by Gasteiger charge is 2.16. The molecule has 2 amide bonds. The molecule has 0 saturated heterocycles. The second-order valence-electron chi connectivity index (χ2n) is 5.24. The molecule has 0 fully saturated rings. The molecule has 2 aromatic rings. The number of amides is 2. The smallest absolute Gasteiger partial charge is 0.244 e. The van der Waals surface area contributed by atoms with Crippen LogP contribution >= 0.6 is 15.9 Å². The van der Waals surface area contributed by atoms with Crippen LogP contribution in [0.15, 0.2) is 53.0 Å². The summed E-state index contributed by atoms with van der Waals surface area (Å²) >= 11 is 3.36. The number of rotatable bonds is 5. The van der Waals surface area contributed by atoms with Crippen LogP contribution in [-0.2, 0) is 9.59 Å². The van der Waals surface area contributed by atoms with Crippen molar-refractivity contribution in [1.82, 2.24) is 0 Å². The Labute approximate surface area is 148 Å². The van der Waals surface area contributed by atoms with Crippen LogP contribution in [0.3, 0.4) is 0 Å². The number of ketones is 1. The van der Waals surface area contributed by atoms with Gasteiger partial charge in [0.2, 0.25) is 11.8 Å². The van der Waals surface area contributed by atoms with Crippen molar-refractivity contribution in [3.8, 4) is 0 Å². The molecule has 1 N–H and O–H groups in total. The Hall–Kier alpha value is -2.47. The molecular formula is C18H17BrN2O3. The van der Waals surface area contributed by atoms with E-state index in [2.05, 4.69) is 21.2 Å². The highest BCUT2D eigenvalue weighted by atomic mass is 79.9. The van der Waals surface area contributed by atoms with Gasteiger partial charge < -0.3 is 10.2 Å². The maximum absolute atomic E-state index is 12.2. The Morgan fingerprint density at radius 2 is 1.62 bits per heavy atom. The van der Waals surface area contributed by atoms with Crippen molar-refractivity contribution in [2.45, 2.75) is 13.8 Å². The SMILES string of the molecule is CC(=O)c1ccc(N(CC(=O)Nc2ccccc2Br)C(C)=O)cc1. The van der Waals surface area contributed by atoms with Gasteiger partial charge in [0.25, 0.3) is 0 Å². The van der Waals surface area contributed by atoms with Gasteiger partial charge in [0, 0.05) is 22.6 Å². The lowest BCUT2D eigenvalue weighted by molar-refractivity contribution is -0.120. The predicted octanol–water partition coefficient (Wildman–Crippen LogP) is 3.64. The van der Waals surface area contributed by atoms with Crippen LogP contribution in [0.1, 0.15) is 24.2 Å². The van der Waals surface area contributed by atoms with Crippen LogP contribution in [0.4, 0.5) is 11.4 Å². The van der Waals surface area contributed by atoms with Gasteiger partial charge in [0.1, 0.15) is 6.54 Å². The number of anilines is 2. The lowest BCUT2D eigenvalue weighted by Crippen LogP contribution is -2.36. The molecule has 0 aliphatic heterocycles. The number of halogens is 1. The molecular weight excluding hydrogens is 372 g/mol. The quantitative estimate of drug-likeness (QED) is 0.794. The van der Waals surface area contributed by atoms with Crippen molar-refractivity contribution in [2.24, 2.45) is 0 Å². The van der Waals surface area contributed by atoms with E-state index in [0.717, 1.165) is 4.47 Å². The Morgan fingerprint density at radius 1 is 1.00 bits per heavy atom. The summed E-state index contributed by atoms with van der Waals surface area (Å²) in [5.41, 5.74) is 1.76. The fraction of sp³-hybridized carbons (Fsp3) is 0.167. The zero-order chi connectivity index (χ0) is 17.7. The summed E-state index contributed by atoms with van der Waals surface area (Å²) in [7, 11) is 0. The first kappa shape index (κ1) is 17.9. The van der Waals surface area contributed by atoms with Gasteiger partial charge in [-0.05, 0) is 59.3 Å². The predicted molar refractivity (Wildman–Crippen MR) is 97.2 cm³/mol. The molecule has 0 unspecified atom stereocenters. The van der Waals surface area contributed by atoms with E-state index >= 15 is 0 Å². The summed E-state index contributed by atoms with van der Waals surface area (Å²) in [5, 5.41) is 2.76. The van der Waals surface area contributed by atoms with Crippen LogP contribution in [0.5, 0.6) is 0 Å². The van der Waals surface area contributed by atoms with Crippen molar-refractivity contribution >= 4 is 44.9 Å². The number of nitrogens with one attached hydrogen (secondary N) is 1. The zero-order valence-corrected chi connectivity index (χ0v) is 15.0. The first-order chi connectivity index (χ1) is 11.4. The molecule has 0 aromatic heterocycles. The van der Waals surface area contributed by atoms with Crippen LogP contribution in [-0.4, -0.2) is 24.1 Å². The van der Waals surface area contributed by atoms with Gasteiger partial charge in [0.05, 0.1) is 5.69 Å². The van der Waals surface area contributed by atoms with Gasteiger partial charge in [-0.15, -0.1) is 0 Å². The molecule has 5 nitrogen and oxygen atoms in total. The third-order valence-electron chi connectivity index (χ3n) is 3.42. The fourth-order valence-electron chi connectivity index (χ4n) is 2.16. The molecule has 2 aromatic carbocycles. The molecule has 0 bridgehead atoms. The van der Waals surface area contributed by atoms with Gasteiger partial charge in [-0.1, -0.05) is 12.1 Å². The number of benzene rings is 2. The summed E-state index contributed by atoms with van der Waals surface area (Å²) in [4.78, 5) is 36.8. The molecule has 124 valence electrons. The highest BCUT2D eigenvalue weighted by molar-refractivity contribution is 9.10.